The van der Waals surface area contributed by atoms with Crippen LogP contribution in [0.5, 0.6) is 0 Å². The van der Waals surface area contributed by atoms with Crippen LogP contribution in [0.25, 0.3) is 0 Å². The summed E-state index contributed by atoms with van der Waals surface area (Å²) < 4.78 is 26.8. The number of sulfonamides is 1. The highest BCUT2D eigenvalue weighted by Crippen LogP contribution is 2.17. The van der Waals surface area contributed by atoms with Crippen molar-refractivity contribution in [1.29, 1.82) is 0 Å². The van der Waals surface area contributed by atoms with Gasteiger partial charge >= 0.3 is 0 Å². The van der Waals surface area contributed by atoms with Crippen LogP contribution in [-0.2, 0) is 14.8 Å². The second kappa shape index (κ2) is 9.16. The Morgan fingerprint density at radius 2 is 1.69 bits per heavy atom. The van der Waals surface area contributed by atoms with E-state index in [1.165, 1.54) is 24.3 Å². The van der Waals surface area contributed by atoms with E-state index in [9.17, 15) is 13.2 Å². The van der Waals surface area contributed by atoms with E-state index in [0.717, 1.165) is 17.5 Å². The Balaban J connectivity index is 1.87. The number of rotatable bonds is 8. The van der Waals surface area contributed by atoms with Crippen molar-refractivity contribution in [2.75, 3.05) is 6.54 Å². The highest BCUT2D eigenvalue weighted by molar-refractivity contribution is 7.89. The molecule has 0 radical (unpaired) electrons. The lowest BCUT2D eigenvalue weighted by atomic mass is 10.0. The number of nitrogens with one attached hydrogen (secondary N) is 2. The lowest BCUT2D eigenvalue weighted by Gasteiger charge is -2.18. The first-order valence-corrected chi connectivity index (χ1v) is 10.3. The van der Waals surface area contributed by atoms with Gasteiger partial charge in [-0.1, -0.05) is 48.4 Å². The van der Waals surface area contributed by atoms with Gasteiger partial charge in [0.15, 0.2) is 0 Å². The van der Waals surface area contributed by atoms with Crippen molar-refractivity contribution < 1.29 is 13.2 Å². The number of amides is 1. The summed E-state index contributed by atoms with van der Waals surface area (Å²) in [5, 5.41) is 3.41. The van der Waals surface area contributed by atoms with E-state index in [2.05, 4.69) is 10.0 Å². The molecular weight excluding hydrogens is 372 g/mol. The van der Waals surface area contributed by atoms with Crippen molar-refractivity contribution in [2.24, 2.45) is 0 Å². The molecule has 2 aromatic carbocycles. The van der Waals surface area contributed by atoms with Crippen molar-refractivity contribution in [1.82, 2.24) is 10.0 Å². The van der Waals surface area contributed by atoms with Crippen LogP contribution < -0.4 is 10.0 Å². The number of benzene rings is 2. The molecule has 0 fully saturated rings. The number of hydrogen-bond acceptors (Lipinski definition) is 3. The summed E-state index contributed by atoms with van der Waals surface area (Å²) in [6.45, 7) is 4.03. The lowest BCUT2D eigenvalue weighted by molar-refractivity contribution is -0.121. The normalized spacial score (nSPS) is 12.6. The Kier molecular flexibility index (Phi) is 7.20. The number of hydrogen-bond donors (Lipinski definition) is 2. The molecule has 0 heterocycles. The summed E-state index contributed by atoms with van der Waals surface area (Å²) in [6.07, 6.45) is 0.820. The molecule has 7 heteroatoms. The summed E-state index contributed by atoms with van der Waals surface area (Å²) in [5.41, 5.74) is 2.19. The molecule has 0 unspecified atom stereocenters. The van der Waals surface area contributed by atoms with Crippen LogP contribution in [-0.4, -0.2) is 20.9 Å². The molecule has 0 spiro atoms. The standard InChI is InChI=1S/C19H23ClN2O3S/c1-3-18(15-6-4-14(2)5-7-15)22-19(23)12-13-21-26(24,25)17-10-8-16(20)9-11-17/h4-11,18,21H,3,12-13H2,1-2H3,(H,22,23)/t18-/m1/s1. The maximum Gasteiger partial charge on any atom is 0.240 e. The Hall–Kier alpha value is -1.89. The topological polar surface area (TPSA) is 75.3 Å². The first-order valence-electron chi connectivity index (χ1n) is 8.43. The summed E-state index contributed by atoms with van der Waals surface area (Å²) >= 11 is 5.76. The maximum absolute atomic E-state index is 12.2. The number of carbonyl (C=O) groups excluding carboxylic acids is 1. The molecule has 26 heavy (non-hydrogen) atoms. The zero-order valence-electron chi connectivity index (χ0n) is 14.8. The van der Waals surface area contributed by atoms with Crippen LogP contribution in [0.15, 0.2) is 53.4 Å². The van der Waals surface area contributed by atoms with E-state index in [4.69, 9.17) is 11.6 Å². The molecule has 0 aliphatic rings. The third kappa shape index (κ3) is 5.83. The second-order valence-corrected chi connectivity index (χ2v) is 8.24. The average molecular weight is 395 g/mol. The third-order valence-electron chi connectivity index (χ3n) is 3.99. The van der Waals surface area contributed by atoms with Gasteiger partial charge in [-0.05, 0) is 43.2 Å². The molecule has 2 rings (SSSR count). The minimum Gasteiger partial charge on any atom is -0.349 e. The van der Waals surface area contributed by atoms with E-state index in [0.29, 0.717) is 5.02 Å². The van der Waals surface area contributed by atoms with Gasteiger partial charge in [0.25, 0.3) is 0 Å². The second-order valence-electron chi connectivity index (χ2n) is 6.04. The molecule has 1 atom stereocenters. The minimum atomic E-state index is -3.65. The quantitative estimate of drug-likeness (QED) is 0.718. The van der Waals surface area contributed by atoms with Crippen molar-refractivity contribution in [3.63, 3.8) is 0 Å². The minimum absolute atomic E-state index is 0.0289. The Labute approximate surface area is 159 Å². The summed E-state index contributed by atoms with van der Waals surface area (Å²) in [7, 11) is -3.65. The van der Waals surface area contributed by atoms with Crippen molar-refractivity contribution in [3.05, 3.63) is 64.7 Å². The van der Waals surface area contributed by atoms with Crippen LogP contribution in [0.4, 0.5) is 0 Å². The predicted octanol–water partition coefficient (Wildman–Crippen LogP) is 3.58. The fraction of sp³-hybridized carbons (Fsp3) is 0.316. The first kappa shape index (κ1) is 20.4. The van der Waals surface area contributed by atoms with Gasteiger partial charge in [-0.2, -0.15) is 0 Å². The highest BCUT2D eigenvalue weighted by Gasteiger charge is 2.16. The molecule has 0 aliphatic heterocycles. The van der Waals surface area contributed by atoms with Crippen molar-refractivity contribution in [2.45, 2.75) is 37.6 Å². The van der Waals surface area contributed by atoms with Gasteiger partial charge in [0, 0.05) is 18.0 Å². The van der Waals surface area contributed by atoms with E-state index < -0.39 is 10.0 Å². The van der Waals surface area contributed by atoms with E-state index >= 15 is 0 Å². The molecule has 1 amide bonds. The van der Waals surface area contributed by atoms with Crippen LogP contribution in [0.3, 0.4) is 0 Å². The van der Waals surface area contributed by atoms with E-state index in [-0.39, 0.29) is 29.8 Å². The summed E-state index contributed by atoms with van der Waals surface area (Å²) in [4.78, 5) is 12.3. The van der Waals surface area contributed by atoms with E-state index in [1.807, 2.05) is 38.1 Å². The largest absolute Gasteiger partial charge is 0.349 e. The number of aryl methyl sites for hydroxylation is 1. The van der Waals surface area contributed by atoms with Crippen LogP contribution in [0.1, 0.15) is 36.9 Å². The SMILES string of the molecule is CC[C@@H](NC(=O)CCNS(=O)(=O)c1ccc(Cl)cc1)c1ccc(C)cc1. The summed E-state index contributed by atoms with van der Waals surface area (Å²) in [5.74, 6) is -0.198. The Bertz CT molecular complexity index is 834. The number of halogens is 1. The van der Waals surface area contributed by atoms with Crippen LogP contribution in [0, 0.1) is 6.92 Å². The predicted molar refractivity (Wildman–Crippen MR) is 104 cm³/mol. The Morgan fingerprint density at radius 3 is 2.27 bits per heavy atom. The smallest absolute Gasteiger partial charge is 0.240 e. The lowest BCUT2D eigenvalue weighted by Crippen LogP contribution is -2.32. The van der Waals surface area contributed by atoms with Gasteiger partial charge in [0.05, 0.1) is 10.9 Å². The molecule has 2 N–H and O–H groups in total. The highest BCUT2D eigenvalue weighted by atomic mass is 35.5. The molecule has 0 saturated heterocycles. The van der Waals surface area contributed by atoms with Crippen molar-refractivity contribution in [3.8, 4) is 0 Å². The zero-order chi connectivity index (χ0) is 19.2. The van der Waals surface area contributed by atoms with Gasteiger partial charge in [-0.25, -0.2) is 13.1 Å². The molecule has 5 nitrogen and oxygen atoms in total. The van der Waals surface area contributed by atoms with Gasteiger partial charge in [-0.3, -0.25) is 4.79 Å². The fourth-order valence-corrected chi connectivity index (χ4v) is 3.64. The van der Waals surface area contributed by atoms with Crippen molar-refractivity contribution >= 4 is 27.5 Å². The van der Waals surface area contributed by atoms with Gasteiger partial charge in [0.2, 0.25) is 15.9 Å². The monoisotopic (exact) mass is 394 g/mol. The molecule has 0 aromatic heterocycles. The van der Waals surface area contributed by atoms with Crippen LogP contribution in [0.2, 0.25) is 5.02 Å². The van der Waals surface area contributed by atoms with Gasteiger partial charge in [-0.15, -0.1) is 0 Å². The molecule has 0 aliphatic carbocycles. The average Bonchev–Trinajstić information content (AvgIpc) is 2.61. The molecular formula is C19H23ClN2O3S. The first-order chi connectivity index (χ1) is 12.3. The van der Waals surface area contributed by atoms with Crippen LogP contribution >= 0.6 is 11.6 Å². The van der Waals surface area contributed by atoms with E-state index in [1.54, 1.807) is 0 Å². The van der Waals surface area contributed by atoms with Gasteiger partial charge < -0.3 is 5.32 Å². The summed E-state index contributed by atoms with van der Waals surface area (Å²) in [6, 6.07) is 13.8. The molecule has 140 valence electrons. The third-order valence-corrected chi connectivity index (χ3v) is 5.72. The maximum atomic E-state index is 12.2. The molecule has 0 saturated carbocycles. The Morgan fingerprint density at radius 1 is 1.08 bits per heavy atom. The fourth-order valence-electron chi connectivity index (χ4n) is 2.48. The number of carbonyl (C=O) groups is 1. The molecule has 0 bridgehead atoms. The zero-order valence-corrected chi connectivity index (χ0v) is 16.4. The van der Waals surface area contributed by atoms with Gasteiger partial charge in [0.1, 0.15) is 0 Å². The molecule has 2 aromatic rings.